The summed E-state index contributed by atoms with van der Waals surface area (Å²) in [6, 6.07) is 1.06. The van der Waals surface area contributed by atoms with E-state index >= 15 is 0 Å². The van der Waals surface area contributed by atoms with Gasteiger partial charge in [-0.1, -0.05) is 5.16 Å². The summed E-state index contributed by atoms with van der Waals surface area (Å²) in [5.74, 6) is -0.843. The molecule has 0 aliphatic rings. The van der Waals surface area contributed by atoms with Crippen LogP contribution in [0.15, 0.2) is 22.7 Å². The van der Waals surface area contributed by atoms with Crippen molar-refractivity contribution in [2.75, 3.05) is 14.2 Å². The third kappa shape index (κ3) is 3.97. The number of aryl methyl sites for hydroxylation is 1. The average molecular weight is 348 g/mol. The molecule has 0 aliphatic carbocycles. The molecule has 0 spiro atoms. The summed E-state index contributed by atoms with van der Waals surface area (Å²) >= 11 is 0. The zero-order valence-corrected chi connectivity index (χ0v) is 13.2. The van der Waals surface area contributed by atoms with Crippen LogP contribution in [0.3, 0.4) is 0 Å². The lowest BCUT2D eigenvalue weighted by Gasteiger charge is -2.23. The molecule has 9 heteroatoms. The number of methoxy groups -OCH3 is 2. The Hall–Kier alpha value is -2.29. The molecule has 1 N–H and O–H groups in total. The van der Waals surface area contributed by atoms with Gasteiger partial charge in [-0.3, -0.25) is 5.32 Å². The van der Waals surface area contributed by atoms with E-state index in [-0.39, 0.29) is 23.8 Å². The van der Waals surface area contributed by atoms with E-state index in [1.54, 1.807) is 6.92 Å². The normalized spacial score (nSPS) is 13.0. The second-order valence-corrected chi connectivity index (χ2v) is 5.02. The first-order valence-electron chi connectivity index (χ1n) is 6.90. The Morgan fingerprint density at radius 1 is 1.17 bits per heavy atom. The van der Waals surface area contributed by atoms with Crippen LogP contribution < -0.4 is 14.8 Å². The Labute approximate surface area is 135 Å². The fraction of sp³-hybridized carbons (Fsp3) is 0.400. The smallest absolute Gasteiger partial charge is 0.408 e. The Morgan fingerprint density at radius 2 is 1.79 bits per heavy atom. The monoisotopic (exact) mass is 348 g/mol. The summed E-state index contributed by atoms with van der Waals surface area (Å²) in [6.45, 7) is 1.38. The molecule has 0 amide bonds. The first kappa shape index (κ1) is 18.1. The fourth-order valence-electron chi connectivity index (χ4n) is 2.20. The maximum atomic E-state index is 14.2. The largest absolute Gasteiger partial charge is 0.493 e. The first-order valence-corrected chi connectivity index (χ1v) is 6.90. The molecule has 5 nitrogen and oxygen atoms in total. The highest BCUT2D eigenvalue weighted by Gasteiger charge is 2.42. The summed E-state index contributed by atoms with van der Waals surface area (Å²) in [5, 5.41) is 5.83. The van der Waals surface area contributed by atoms with Crippen molar-refractivity contribution >= 4 is 0 Å². The lowest BCUT2D eigenvalue weighted by atomic mass is 10.0. The molecular formula is C15H16F4N2O3. The van der Waals surface area contributed by atoms with Gasteiger partial charge in [0.2, 0.25) is 0 Å². The third-order valence-corrected chi connectivity index (χ3v) is 3.30. The average Bonchev–Trinajstić information content (AvgIpc) is 2.92. The van der Waals surface area contributed by atoms with Crippen LogP contribution in [0.1, 0.15) is 23.1 Å². The summed E-state index contributed by atoms with van der Waals surface area (Å²) in [7, 11) is 2.52. The van der Waals surface area contributed by atoms with Crippen LogP contribution in [-0.2, 0) is 6.54 Å². The van der Waals surface area contributed by atoms with E-state index in [0.717, 1.165) is 12.1 Å². The minimum Gasteiger partial charge on any atom is -0.493 e. The second kappa shape index (κ2) is 7.08. The Balaban J connectivity index is 2.34. The van der Waals surface area contributed by atoms with E-state index in [2.05, 4.69) is 10.5 Å². The van der Waals surface area contributed by atoms with Crippen molar-refractivity contribution in [3.05, 3.63) is 41.0 Å². The predicted molar refractivity (Wildman–Crippen MR) is 76.4 cm³/mol. The van der Waals surface area contributed by atoms with Gasteiger partial charge in [0.05, 0.1) is 26.5 Å². The minimum atomic E-state index is -4.73. The van der Waals surface area contributed by atoms with Gasteiger partial charge in [-0.05, 0) is 13.0 Å². The number of aromatic nitrogens is 1. The Kier molecular flexibility index (Phi) is 5.33. The first-order chi connectivity index (χ1) is 11.3. The maximum absolute atomic E-state index is 14.2. The highest BCUT2D eigenvalue weighted by atomic mass is 19.4. The van der Waals surface area contributed by atoms with Crippen molar-refractivity contribution in [2.24, 2.45) is 0 Å². The van der Waals surface area contributed by atoms with Gasteiger partial charge >= 0.3 is 6.18 Å². The van der Waals surface area contributed by atoms with E-state index in [0.29, 0.717) is 5.69 Å². The minimum absolute atomic E-state index is 0.000426. The molecule has 0 aliphatic heterocycles. The summed E-state index contributed by atoms with van der Waals surface area (Å²) in [5.41, 5.74) is -0.0657. The standard InChI is InChI=1S/C15H16F4N2O3/c1-8-4-9(24-21-8)7-20-14(15(17,18)19)10-5-12(22-2)13(23-3)6-11(10)16/h4-6,14,20H,7H2,1-3H3. The predicted octanol–water partition coefficient (Wildman–Crippen LogP) is 3.53. The van der Waals surface area contributed by atoms with Gasteiger partial charge in [0.1, 0.15) is 11.9 Å². The molecule has 132 valence electrons. The van der Waals surface area contributed by atoms with Gasteiger partial charge in [0, 0.05) is 17.7 Å². The molecule has 1 heterocycles. The van der Waals surface area contributed by atoms with Crippen molar-refractivity contribution in [3.63, 3.8) is 0 Å². The Morgan fingerprint density at radius 3 is 2.29 bits per heavy atom. The lowest BCUT2D eigenvalue weighted by molar-refractivity contribution is -0.159. The molecule has 0 fully saturated rings. The van der Waals surface area contributed by atoms with Gasteiger partial charge < -0.3 is 14.0 Å². The SMILES string of the molecule is COc1cc(F)c(C(NCc2cc(C)no2)C(F)(F)F)cc1OC. The Bertz CT molecular complexity index is 701. The second-order valence-electron chi connectivity index (χ2n) is 5.02. The highest BCUT2D eigenvalue weighted by Crippen LogP contribution is 2.39. The molecular weight excluding hydrogens is 332 g/mol. The molecule has 1 aromatic heterocycles. The molecule has 0 saturated heterocycles. The van der Waals surface area contributed by atoms with Gasteiger partial charge in [-0.15, -0.1) is 0 Å². The molecule has 0 bridgehead atoms. The number of rotatable bonds is 6. The topological polar surface area (TPSA) is 56.5 Å². The number of halogens is 4. The summed E-state index contributed by atoms with van der Waals surface area (Å²) in [6.07, 6.45) is -4.73. The van der Waals surface area contributed by atoms with E-state index < -0.39 is 23.6 Å². The van der Waals surface area contributed by atoms with Crippen LogP contribution in [0.25, 0.3) is 0 Å². The van der Waals surface area contributed by atoms with Crippen molar-refractivity contribution in [3.8, 4) is 11.5 Å². The van der Waals surface area contributed by atoms with Crippen molar-refractivity contribution in [1.29, 1.82) is 0 Å². The number of nitrogens with zero attached hydrogens (tertiary/aromatic N) is 1. The maximum Gasteiger partial charge on any atom is 0.408 e. The van der Waals surface area contributed by atoms with Crippen LogP contribution >= 0.6 is 0 Å². The van der Waals surface area contributed by atoms with Gasteiger partial charge in [-0.2, -0.15) is 13.2 Å². The van der Waals surface area contributed by atoms with Crippen molar-refractivity contribution in [2.45, 2.75) is 25.7 Å². The van der Waals surface area contributed by atoms with Gasteiger partial charge in [0.25, 0.3) is 0 Å². The lowest BCUT2D eigenvalue weighted by Crippen LogP contribution is -2.34. The molecule has 0 radical (unpaired) electrons. The molecule has 24 heavy (non-hydrogen) atoms. The molecule has 1 aromatic carbocycles. The van der Waals surface area contributed by atoms with Crippen LogP contribution in [-0.4, -0.2) is 25.6 Å². The van der Waals surface area contributed by atoms with E-state index in [9.17, 15) is 17.6 Å². The van der Waals surface area contributed by atoms with Crippen molar-refractivity contribution < 1.29 is 31.6 Å². The molecule has 2 aromatic rings. The quantitative estimate of drug-likeness (QED) is 0.810. The van der Waals surface area contributed by atoms with E-state index in [1.807, 2.05) is 0 Å². The van der Waals surface area contributed by atoms with Crippen LogP contribution in [0.5, 0.6) is 11.5 Å². The van der Waals surface area contributed by atoms with Crippen LogP contribution in [0.2, 0.25) is 0 Å². The van der Waals surface area contributed by atoms with E-state index in [4.69, 9.17) is 14.0 Å². The molecule has 0 saturated carbocycles. The molecule has 1 unspecified atom stereocenters. The number of nitrogens with one attached hydrogen (secondary N) is 1. The summed E-state index contributed by atoms with van der Waals surface area (Å²) in [4.78, 5) is 0. The fourth-order valence-corrected chi connectivity index (χ4v) is 2.20. The third-order valence-electron chi connectivity index (χ3n) is 3.30. The molecule has 2 rings (SSSR count). The number of hydrogen-bond acceptors (Lipinski definition) is 5. The van der Waals surface area contributed by atoms with Crippen LogP contribution in [0, 0.1) is 12.7 Å². The van der Waals surface area contributed by atoms with Gasteiger partial charge in [0.15, 0.2) is 17.3 Å². The molecule has 1 atom stereocenters. The highest BCUT2D eigenvalue weighted by molar-refractivity contribution is 5.45. The summed E-state index contributed by atoms with van der Waals surface area (Å²) < 4.78 is 68.9. The van der Waals surface area contributed by atoms with E-state index in [1.165, 1.54) is 20.3 Å². The van der Waals surface area contributed by atoms with Crippen LogP contribution in [0.4, 0.5) is 17.6 Å². The zero-order valence-electron chi connectivity index (χ0n) is 13.2. The number of hydrogen-bond donors (Lipinski definition) is 1. The zero-order chi connectivity index (χ0) is 17.9. The van der Waals surface area contributed by atoms with Gasteiger partial charge in [-0.25, -0.2) is 4.39 Å². The van der Waals surface area contributed by atoms with Crippen molar-refractivity contribution in [1.82, 2.24) is 10.5 Å². The number of ether oxygens (including phenoxy) is 2. The number of benzene rings is 1. The number of alkyl halides is 3.